The van der Waals surface area contributed by atoms with Gasteiger partial charge < -0.3 is 10.6 Å². The molecule has 2 N–H and O–H groups in total. The van der Waals surface area contributed by atoms with Gasteiger partial charge in [-0.15, -0.1) is 0 Å². The molecule has 24 heavy (non-hydrogen) atoms. The van der Waals surface area contributed by atoms with Crippen LogP contribution in [0.5, 0.6) is 0 Å². The monoisotopic (exact) mass is 365 g/mol. The highest BCUT2D eigenvalue weighted by molar-refractivity contribution is 6.44. The van der Waals surface area contributed by atoms with Crippen molar-refractivity contribution in [2.24, 2.45) is 5.41 Å². The number of amides is 2. The van der Waals surface area contributed by atoms with E-state index in [2.05, 4.69) is 15.6 Å². The van der Waals surface area contributed by atoms with Crippen molar-refractivity contribution in [1.82, 2.24) is 10.3 Å². The molecule has 7 heteroatoms. The van der Waals surface area contributed by atoms with Gasteiger partial charge in [-0.3, -0.25) is 14.6 Å². The van der Waals surface area contributed by atoms with Crippen molar-refractivity contribution in [2.45, 2.75) is 20.4 Å². The second-order valence-electron chi connectivity index (χ2n) is 5.68. The molecular formula is C17H17Cl2N3O2. The Morgan fingerprint density at radius 2 is 1.83 bits per heavy atom. The number of pyridine rings is 1. The lowest BCUT2D eigenvalue weighted by Crippen LogP contribution is -2.45. The number of nitrogens with one attached hydrogen (secondary N) is 2. The lowest BCUT2D eigenvalue weighted by molar-refractivity contribution is -0.138. The summed E-state index contributed by atoms with van der Waals surface area (Å²) in [6.45, 7) is 3.32. The van der Waals surface area contributed by atoms with Crippen molar-refractivity contribution in [3.05, 3.63) is 58.3 Å². The summed E-state index contributed by atoms with van der Waals surface area (Å²) < 4.78 is 0. The Labute approximate surface area is 150 Å². The van der Waals surface area contributed by atoms with E-state index in [-0.39, 0.29) is 11.6 Å². The molecule has 0 atom stereocenters. The molecule has 0 aliphatic rings. The van der Waals surface area contributed by atoms with Crippen LogP contribution in [0.1, 0.15) is 19.5 Å². The number of rotatable bonds is 5. The third-order valence-electron chi connectivity index (χ3n) is 3.49. The summed E-state index contributed by atoms with van der Waals surface area (Å²) in [7, 11) is 0. The fourth-order valence-corrected chi connectivity index (χ4v) is 2.22. The number of anilines is 1. The highest BCUT2D eigenvalue weighted by Crippen LogP contribution is 2.30. The Hall–Kier alpha value is -2.11. The number of hydrogen-bond acceptors (Lipinski definition) is 3. The number of halogens is 2. The molecule has 0 saturated carbocycles. The minimum atomic E-state index is -1.29. The SMILES string of the molecule is CC(C)(C(=O)NCc1ccccn1)C(=O)Nc1cccc(Cl)c1Cl. The van der Waals surface area contributed by atoms with Gasteiger partial charge in [0.15, 0.2) is 0 Å². The zero-order chi connectivity index (χ0) is 17.7. The predicted octanol–water partition coefficient (Wildman–Crippen LogP) is 3.67. The molecule has 2 aromatic rings. The van der Waals surface area contributed by atoms with Crippen LogP contribution in [0.2, 0.25) is 10.0 Å². The molecule has 2 rings (SSSR count). The first-order valence-corrected chi connectivity index (χ1v) is 8.01. The molecule has 2 amide bonds. The molecule has 0 fully saturated rings. The second-order valence-corrected chi connectivity index (χ2v) is 6.47. The molecular weight excluding hydrogens is 349 g/mol. The summed E-state index contributed by atoms with van der Waals surface area (Å²) in [5.41, 5.74) is -0.222. The summed E-state index contributed by atoms with van der Waals surface area (Å²) in [6.07, 6.45) is 1.64. The summed E-state index contributed by atoms with van der Waals surface area (Å²) in [5, 5.41) is 5.91. The van der Waals surface area contributed by atoms with Gasteiger partial charge in [0.05, 0.1) is 28.0 Å². The number of aromatic nitrogens is 1. The third-order valence-corrected chi connectivity index (χ3v) is 4.31. The molecule has 1 aromatic heterocycles. The average Bonchev–Trinajstić information content (AvgIpc) is 2.57. The molecule has 0 aliphatic carbocycles. The minimum Gasteiger partial charge on any atom is -0.350 e. The number of hydrogen-bond donors (Lipinski definition) is 2. The highest BCUT2D eigenvalue weighted by atomic mass is 35.5. The van der Waals surface area contributed by atoms with E-state index in [0.29, 0.717) is 16.4 Å². The standard InChI is InChI=1S/C17H17Cl2N3O2/c1-17(2,15(23)21-10-11-6-3-4-9-20-11)16(24)22-13-8-5-7-12(18)14(13)19/h3-9H,10H2,1-2H3,(H,21,23)(H,22,24). The molecule has 1 aromatic carbocycles. The van der Waals surface area contributed by atoms with E-state index in [0.717, 1.165) is 0 Å². The van der Waals surface area contributed by atoms with Gasteiger partial charge in [0.1, 0.15) is 5.41 Å². The number of benzene rings is 1. The van der Waals surface area contributed by atoms with Crippen molar-refractivity contribution in [3.63, 3.8) is 0 Å². The smallest absolute Gasteiger partial charge is 0.239 e. The van der Waals surface area contributed by atoms with Crippen molar-refractivity contribution in [2.75, 3.05) is 5.32 Å². The van der Waals surface area contributed by atoms with E-state index in [1.807, 2.05) is 6.07 Å². The number of carbonyl (C=O) groups excluding carboxylic acids is 2. The summed E-state index contributed by atoms with van der Waals surface area (Å²) in [6, 6.07) is 10.3. The topological polar surface area (TPSA) is 71.1 Å². The van der Waals surface area contributed by atoms with E-state index in [1.165, 1.54) is 13.8 Å². The Kier molecular flexibility index (Phi) is 5.80. The first kappa shape index (κ1) is 18.2. The van der Waals surface area contributed by atoms with E-state index in [4.69, 9.17) is 23.2 Å². The molecule has 5 nitrogen and oxygen atoms in total. The van der Waals surface area contributed by atoms with E-state index < -0.39 is 17.2 Å². The van der Waals surface area contributed by atoms with Crippen LogP contribution in [0.3, 0.4) is 0 Å². The predicted molar refractivity (Wildman–Crippen MR) is 95.0 cm³/mol. The molecule has 0 saturated heterocycles. The van der Waals surface area contributed by atoms with Gasteiger partial charge >= 0.3 is 0 Å². The van der Waals surface area contributed by atoms with E-state index >= 15 is 0 Å². The molecule has 126 valence electrons. The van der Waals surface area contributed by atoms with Crippen LogP contribution in [-0.4, -0.2) is 16.8 Å². The Morgan fingerprint density at radius 1 is 1.08 bits per heavy atom. The van der Waals surface area contributed by atoms with Gasteiger partial charge in [-0.05, 0) is 38.1 Å². The average molecular weight is 366 g/mol. The van der Waals surface area contributed by atoms with Crippen molar-refractivity contribution >= 4 is 40.7 Å². The van der Waals surface area contributed by atoms with Gasteiger partial charge in [0, 0.05) is 6.20 Å². The van der Waals surface area contributed by atoms with Crippen molar-refractivity contribution in [3.8, 4) is 0 Å². The van der Waals surface area contributed by atoms with Gasteiger partial charge in [0.2, 0.25) is 11.8 Å². The van der Waals surface area contributed by atoms with Crippen LogP contribution in [0, 0.1) is 5.41 Å². The molecule has 0 spiro atoms. The van der Waals surface area contributed by atoms with Crippen molar-refractivity contribution in [1.29, 1.82) is 0 Å². The summed E-state index contributed by atoms with van der Waals surface area (Å²) in [5.74, 6) is -0.894. The molecule has 0 unspecified atom stereocenters. The van der Waals surface area contributed by atoms with Gasteiger partial charge in [-0.1, -0.05) is 35.3 Å². The van der Waals surface area contributed by atoms with Crippen molar-refractivity contribution < 1.29 is 9.59 Å². The number of nitrogens with zero attached hydrogens (tertiary/aromatic N) is 1. The molecule has 1 heterocycles. The zero-order valence-corrected chi connectivity index (χ0v) is 14.8. The highest BCUT2D eigenvalue weighted by Gasteiger charge is 2.36. The number of carbonyl (C=O) groups is 2. The minimum absolute atomic E-state index is 0.234. The first-order chi connectivity index (χ1) is 11.3. The maximum atomic E-state index is 12.5. The van der Waals surface area contributed by atoms with Crippen LogP contribution < -0.4 is 10.6 Å². The summed E-state index contributed by atoms with van der Waals surface area (Å²) in [4.78, 5) is 28.9. The molecule has 0 aliphatic heterocycles. The fraction of sp³-hybridized carbons (Fsp3) is 0.235. The fourth-order valence-electron chi connectivity index (χ4n) is 1.88. The van der Waals surface area contributed by atoms with Crippen LogP contribution in [-0.2, 0) is 16.1 Å². The maximum absolute atomic E-state index is 12.5. The second kappa shape index (κ2) is 7.64. The zero-order valence-electron chi connectivity index (χ0n) is 13.3. The maximum Gasteiger partial charge on any atom is 0.239 e. The Bertz CT molecular complexity index is 749. The third kappa shape index (κ3) is 4.24. The van der Waals surface area contributed by atoms with Gasteiger partial charge in [-0.25, -0.2) is 0 Å². The summed E-state index contributed by atoms with van der Waals surface area (Å²) >= 11 is 12.0. The van der Waals surface area contributed by atoms with E-state index in [1.54, 1.807) is 36.5 Å². The largest absolute Gasteiger partial charge is 0.350 e. The van der Waals surface area contributed by atoms with E-state index in [9.17, 15) is 9.59 Å². The van der Waals surface area contributed by atoms with Crippen LogP contribution in [0.4, 0.5) is 5.69 Å². The Balaban J connectivity index is 2.03. The molecule has 0 bridgehead atoms. The lowest BCUT2D eigenvalue weighted by Gasteiger charge is -2.23. The normalized spacial score (nSPS) is 11.0. The Morgan fingerprint density at radius 3 is 2.50 bits per heavy atom. The first-order valence-electron chi connectivity index (χ1n) is 7.26. The van der Waals surface area contributed by atoms with Crippen LogP contribution in [0.25, 0.3) is 0 Å². The lowest BCUT2D eigenvalue weighted by atomic mass is 9.91. The van der Waals surface area contributed by atoms with Gasteiger partial charge in [0.25, 0.3) is 0 Å². The van der Waals surface area contributed by atoms with Gasteiger partial charge in [-0.2, -0.15) is 0 Å². The van der Waals surface area contributed by atoms with Crippen LogP contribution >= 0.6 is 23.2 Å². The van der Waals surface area contributed by atoms with Crippen LogP contribution in [0.15, 0.2) is 42.6 Å². The quantitative estimate of drug-likeness (QED) is 0.794. The molecule has 0 radical (unpaired) electrons.